The van der Waals surface area contributed by atoms with E-state index < -0.39 is 0 Å². The van der Waals surface area contributed by atoms with Crippen LogP contribution in [0.15, 0.2) is 48.5 Å². The number of carbonyl (C=O) groups excluding carboxylic acids is 1. The van der Waals surface area contributed by atoms with Gasteiger partial charge in [-0.05, 0) is 48.6 Å². The first-order chi connectivity index (χ1) is 14.1. The molecule has 2 aromatic rings. The number of hydrogen-bond donors (Lipinski definition) is 2. The number of piperazine rings is 1. The van der Waals surface area contributed by atoms with Crippen molar-refractivity contribution in [3.8, 4) is 5.75 Å². The Morgan fingerprint density at radius 1 is 1.03 bits per heavy atom. The lowest BCUT2D eigenvalue weighted by atomic mass is 9.91. The Morgan fingerprint density at radius 3 is 2.38 bits per heavy atom. The molecule has 0 bridgehead atoms. The molecule has 29 heavy (non-hydrogen) atoms. The van der Waals surface area contributed by atoms with Crippen molar-refractivity contribution in [1.82, 2.24) is 10.2 Å². The van der Waals surface area contributed by atoms with E-state index in [0.29, 0.717) is 19.0 Å². The predicted octanol–water partition coefficient (Wildman–Crippen LogP) is 4.29. The van der Waals surface area contributed by atoms with Crippen molar-refractivity contribution in [2.45, 2.75) is 31.7 Å². The average Bonchev–Trinajstić information content (AvgIpc) is 3.27. The summed E-state index contributed by atoms with van der Waals surface area (Å²) in [5, 5.41) is 12.9. The number of nitrogens with one attached hydrogen (secondary N) is 1. The third-order valence-electron chi connectivity index (χ3n) is 6.14. The van der Waals surface area contributed by atoms with Crippen LogP contribution in [-0.2, 0) is 0 Å². The highest BCUT2D eigenvalue weighted by molar-refractivity contribution is 5.75. The number of nitrogens with zero attached hydrogens (tertiary/aromatic N) is 2. The predicted molar refractivity (Wildman–Crippen MR) is 112 cm³/mol. The Hall–Kier alpha value is -2.76. The molecule has 2 N–H and O–H groups in total. The summed E-state index contributed by atoms with van der Waals surface area (Å²) in [4.78, 5) is 17.0. The van der Waals surface area contributed by atoms with Gasteiger partial charge in [0.25, 0.3) is 0 Å². The molecule has 2 amide bonds. The minimum absolute atomic E-state index is 0.0539. The molecule has 1 aliphatic carbocycles. The number of halogens is 1. The fourth-order valence-corrected chi connectivity index (χ4v) is 4.52. The summed E-state index contributed by atoms with van der Waals surface area (Å²) >= 11 is 0. The first kappa shape index (κ1) is 19.6. The second-order valence-corrected chi connectivity index (χ2v) is 8.02. The van der Waals surface area contributed by atoms with Crippen molar-refractivity contribution in [3.05, 3.63) is 59.9 Å². The number of phenolic OH excluding ortho intramolecular Hbond substituents is 1. The third kappa shape index (κ3) is 4.63. The number of anilines is 1. The zero-order valence-corrected chi connectivity index (χ0v) is 16.6. The standard InChI is InChI=1S/C23H28FN3O2/c24-19-10-8-18(9-11-19)22(17-4-1-2-5-17)25-23(29)27-14-12-26(13-15-27)20-6-3-7-21(28)16-20/h3,6-11,16-17,22,28H,1-2,4-5,12-15H2,(H,25,29). The van der Waals surface area contributed by atoms with Crippen molar-refractivity contribution in [2.24, 2.45) is 5.92 Å². The Morgan fingerprint density at radius 2 is 1.72 bits per heavy atom. The summed E-state index contributed by atoms with van der Waals surface area (Å²) in [6, 6.07) is 13.6. The van der Waals surface area contributed by atoms with E-state index in [1.54, 1.807) is 24.3 Å². The SMILES string of the molecule is O=C(NC(c1ccc(F)cc1)C1CCCC1)N1CCN(c2cccc(O)c2)CC1. The Kier molecular flexibility index (Phi) is 5.88. The van der Waals surface area contributed by atoms with E-state index in [1.165, 1.54) is 25.0 Å². The van der Waals surface area contributed by atoms with Gasteiger partial charge in [0, 0.05) is 37.9 Å². The number of urea groups is 1. The molecule has 1 unspecified atom stereocenters. The van der Waals surface area contributed by atoms with Crippen LogP contribution in [0.4, 0.5) is 14.9 Å². The van der Waals surface area contributed by atoms with Gasteiger partial charge in [-0.25, -0.2) is 9.18 Å². The molecule has 2 aromatic carbocycles. The number of benzene rings is 2. The molecule has 1 saturated heterocycles. The van der Waals surface area contributed by atoms with Crippen LogP contribution < -0.4 is 10.2 Å². The first-order valence-corrected chi connectivity index (χ1v) is 10.4. The minimum atomic E-state index is -0.256. The van der Waals surface area contributed by atoms with Gasteiger partial charge in [-0.1, -0.05) is 31.0 Å². The first-order valence-electron chi connectivity index (χ1n) is 10.4. The largest absolute Gasteiger partial charge is 0.508 e. The molecule has 2 fully saturated rings. The quantitative estimate of drug-likeness (QED) is 0.809. The topological polar surface area (TPSA) is 55.8 Å². The minimum Gasteiger partial charge on any atom is -0.508 e. The fraction of sp³-hybridized carbons (Fsp3) is 0.435. The van der Waals surface area contributed by atoms with Crippen molar-refractivity contribution in [1.29, 1.82) is 0 Å². The van der Waals surface area contributed by atoms with E-state index in [9.17, 15) is 14.3 Å². The molecule has 0 aromatic heterocycles. The summed E-state index contributed by atoms with van der Waals surface area (Å²) in [5.41, 5.74) is 1.95. The van der Waals surface area contributed by atoms with E-state index in [4.69, 9.17) is 0 Å². The van der Waals surface area contributed by atoms with Gasteiger partial charge in [-0.15, -0.1) is 0 Å². The number of carbonyl (C=O) groups is 1. The summed E-state index contributed by atoms with van der Waals surface area (Å²) < 4.78 is 13.4. The van der Waals surface area contributed by atoms with Crippen LogP contribution in [0.1, 0.15) is 37.3 Å². The lowest BCUT2D eigenvalue weighted by Gasteiger charge is -2.37. The van der Waals surface area contributed by atoms with Gasteiger partial charge in [-0.3, -0.25) is 0 Å². The highest BCUT2D eigenvalue weighted by Crippen LogP contribution is 2.36. The third-order valence-corrected chi connectivity index (χ3v) is 6.14. The summed E-state index contributed by atoms with van der Waals surface area (Å²) in [5.74, 6) is 0.396. The molecule has 2 aliphatic rings. The van der Waals surface area contributed by atoms with Crippen molar-refractivity contribution < 1.29 is 14.3 Å². The zero-order valence-electron chi connectivity index (χ0n) is 16.6. The van der Waals surface area contributed by atoms with E-state index >= 15 is 0 Å². The van der Waals surface area contributed by atoms with Gasteiger partial charge in [-0.2, -0.15) is 0 Å². The highest BCUT2D eigenvalue weighted by atomic mass is 19.1. The smallest absolute Gasteiger partial charge is 0.318 e. The zero-order chi connectivity index (χ0) is 20.2. The van der Waals surface area contributed by atoms with Crippen LogP contribution in [0.2, 0.25) is 0 Å². The second kappa shape index (κ2) is 8.72. The normalized spacial score (nSPS) is 18.7. The molecule has 1 atom stereocenters. The summed E-state index contributed by atoms with van der Waals surface area (Å²) in [6.45, 7) is 2.70. The Balaban J connectivity index is 1.40. The summed E-state index contributed by atoms with van der Waals surface area (Å²) in [6.07, 6.45) is 4.54. The fourth-order valence-electron chi connectivity index (χ4n) is 4.52. The van der Waals surface area contributed by atoms with E-state index in [-0.39, 0.29) is 23.6 Å². The molecule has 0 spiro atoms. The number of aromatic hydroxyl groups is 1. The Labute approximate surface area is 171 Å². The molecular weight excluding hydrogens is 369 g/mol. The van der Waals surface area contributed by atoms with Crippen LogP contribution in [-0.4, -0.2) is 42.2 Å². The molecule has 154 valence electrons. The lowest BCUT2D eigenvalue weighted by Crippen LogP contribution is -2.52. The summed E-state index contributed by atoms with van der Waals surface area (Å²) in [7, 11) is 0. The Bertz CT molecular complexity index is 828. The number of rotatable bonds is 4. The number of hydrogen-bond acceptors (Lipinski definition) is 3. The maximum Gasteiger partial charge on any atom is 0.318 e. The van der Waals surface area contributed by atoms with Crippen LogP contribution in [0.25, 0.3) is 0 Å². The van der Waals surface area contributed by atoms with Crippen LogP contribution >= 0.6 is 0 Å². The van der Waals surface area contributed by atoms with Crippen LogP contribution in [0, 0.1) is 11.7 Å². The van der Waals surface area contributed by atoms with Crippen LogP contribution in [0.3, 0.4) is 0 Å². The van der Waals surface area contributed by atoms with Gasteiger partial charge < -0.3 is 20.2 Å². The highest BCUT2D eigenvalue weighted by Gasteiger charge is 2.30. The van der Waals surface area contributed by atoms with Gasteiger partial charge in [0.2, 0.25) is 0 Å². The van der Waals surface area contributed by atoms with Gasteiger partial charge >= 0.3 is 6.03 Å². The molecule has 6 heteroatoms. The molecule has 0 radical (unpaired) electrons. The second-order valence-electron chi connectivity index (χ2n) is 8.02. The molecular formula is C23H28FN3O2. The maximum atomic E-state index is 13.4. The van der Waals surface area contributed by atoms with Crippen LogP contribution in [0.5, 0.6) is 5.75 Å². The molecule has 4 rings (SSSR count). The molecule has 1 saturated carbocycles. The lowest BCUT2D eigenvalue weighted by molar-refractivity contribution is 0.185. The van der Waals surface area contributed by atoms with Gasteiger partial charge in [0.15, 0.2) is 0 Å². The molecule has 1 heterocycles. The average molecular weight is 397 g/mol. The van der Waals surface area contributed by atoms with E-state index in [1.807, 2.05) is 17.0 Å². The van der Waals surface area contributed by atoms with Gasteiger partial charge in [0.05, 0.1) is 6.04 Å². The number of amides is 2. The monoisotopic (exact) mass is 397 g/mol. The van der Waals surface area contributed by atoms with E-state index in [2.05, 4.69) is 10.2 Å². The molecule has 5 nitrogen and oxygen atoms in total. The van der Waals surface area contributed by atoms with Crippen molar-refractivity contribution in [2.75, 3.05) is 31.1 Å². The number of phenols is 1. The maximum absolute atomic E-state index is 13.4. The van der Waals surface area contributed by atoms with E-state index in [0.717, 1.165) is 37.2 Å². The van der Waals surface area contributed by atoms with Gasteiger partial charge in [0.1, 0.15) is 11.6 Å². The molecule has 1 aliphatic heterocycles. The van der Waals surface area contributed by atoms with Crippen molar-refractivity contribution >= 4 is 11.7 Å². The van der Waals surface area contributed by atoms with Crippen molar-refractivity contribution in [3.63, 3.8) is 0 Å².